The highest BCUT2D eigenvalue weighted by Gasteiger charge is 2.14. The number of carbonyl (C=O) groups is 1. The number of esters is 1. The molecule has 2 aromatic rings. The first kappa shape index (κ1) is 9.98. The van der Waals surface area contributed by atoms with Crippen LogP contribution in [-0.4, -0.2) is 22.0 Å². The van der Waals surface area contributed by atoms with Crippen LogP contribution in [0, 0.1) is 0 Å². The van der Waals surface area contributed by atoms with Crippen molar-refractivity contribution in [2.45, 2.75) is 6.92 Å². The van der Waals surface area contributed by atoms with Crippen LogP contribution in [0.2, 0.25) is 5.15 Å². The van der Waals surface area contributed by atoms with Gasteiger partial charge in [0, 0.05) is 18.6 Å². The summed E-state index contributed by atoms with van der Waals surface area (Å²) in [6, 6.07) is 1.67. The minimum absolute atomic E-state index is 0.297. The second kappa shape index (κ2) is 3.90. The van der Waals surface area contributed by atoms with Crippen LogP contribution in [0.4, 0.5) is 0 Å². The van der Waals surface area contributed by atoms with Gasteiger partial charge in [0.1, 0.15) is 0 Å². The van der Waals surface area contributed by atoms with Crippen molar-refractivity contribution >= 4 is 23.1 Å². The standard InChI is InChI=1S/C10H9ClN2O2/c1-2-15-10(14)7-3-5-13-6-4-12-9(11)8(7)13/h3-6H,2H2,1H3. The van der Waals surface area contributed by atoms with Crippen molar-refractivity contribution in [2.75, 3.05) is 6.61 Å². The van der Waals surface area contributed by atoms with E-state index >= 15 is 0 Å². The summed E-state index contributed by atoms with van der Waals surface area (Å²) in [5.74, 6) is -0.380. The molecular weight excluding hydrogens is 216 g/mol. The SMILES string of the molecule is CCOC(=O)c1ccn2ccnc(Cl)c12. The van der Waals surface area contributed by atoms with Gasteiger partial charge in [-0.15, -0.1) is 0 Å². The van der Waals surface area contributed by atoms with E-state index in [4.69, 9.17) is 16.3 Å². The summed E-state index contributed by atoms with van der Waals surface area (Å²) in [5.41, 5.74) is 1.02. The molecule has 2 rings (SSSR count). The second-order valence-corrected chi connectivity index (χ2v) is 3.28. The number of nitrogens with zero attached hydrogens (tertiary/aromatic N) is 2. The van der Waals surface area contributed by atoms with Crippen LogP contribution in [-0.2, 0) is 4.74 Å². The Hall–Kier alpha value is -1.55. The number of hydrogen-bond acceptors (Lipinski definition) is 3. The summed E-state index contributed by atoms with van der Waals surface area (Å²) in [6.07, 6.45) is 5.04. The van der Waals surface area contributed by atoms with Crippen LogP contribution in [0.1, 0.15) is 17.3 Å². The number of rotatable bonds is 2. The van der Waals surface area contributed by atoms with E-state index in [9.17, 15) is 4.79 Å². The minimum Gasteiger partial charge on any atom is -0.462 e. The molecule has 4 nitrogen and oxygen atoms in total. The molecule has 0 aliphatic rings. The van der Waals surface area contributed by atoms with E-state index in [-0.39, 0.29) is 5.97 Å². The predicted molar refractivity (Wildman–Crippen MR) is 56.2 cm³/mol. The normalized spacial score (nSPS) is 10.5. The van der Waals surface area contributed by atoms with E-state index in [0.29, 0.717) is 22.8 Å². The first-order valence-electron chi connectivity index (χ1n) is 4.52. The van der Waals surface area contributed by atoms with Gasteiger partial charge in [-0.25, -0.2) is 9.78 Å². The molecule has 5 heteroatoms. The molecule has 0 aromatic carbocycles. The average molecular weight is 225 g/mol. The molecule has 0 aliphatic carbocycles. The van der Waals surface area contributed by atoms with Crippen LogP contribution in [0.25, 0.3) is 5.52 Å². The van der Waals surface area contributed by atoms with Crippen molar-refractivity contribution in [1.82, 2.24) is 9.38 Å². The molecule has 2 aromatic heterocycles. The van der Waals surface area contributed by atoms with Gasteiger partial charge in [-0.2, -0.15) is 0 Å². The quantitative estimate of drug-likeness (QED) is 0.735. The Morgan fingerprint density at radius 2 is 2.40 bits per heavy atom. The van der Waals surface area contributed by atoms with Crippen LogP contribution in [0.15, 0.2) is 24.7 Å². The van der Waals surface area contributed by atoms with Crippen molar-refractivity contribution in [1.29, 1.82) is 0 Å². The van der Waals surface area contributed by atoms with E-state index in [1.54, 1.807) is 36.0 Å². The molecule has 0 fully saturated rings. The summed E-state index contributed by atoms with van der Waals surface area (Å²) in [7, 11) is 0. The molecular formula is C10H9ClN2O2. The highest BCUT2D eigenvalue weighted by atomic mass is 35.5. The monoisotopic (exact) mass is 224 g/mol. The van der Waals surface area contributed by atoms with Crippen LogP contribution < -0.4 is 0 Å². The summed E-state index contributed by atoms with van der Waals surface area (Å²) in [4.78, 5) is 15.5. The zero-order chi connectivity index (χ0) is 10.8. The van der Waals surface area contributed by atoms with Crippen molar-refractivity contribution in [3.63, 3.8) is 0 Å². The Bertz CT molecular complexity index is 507. The van der Waals surface area contributed by atoms with Crippen molar-refractivity contribution in [3.05, 3.63) is 35.4 Å². The predicted octanol–water partition coefficient (Wildman–Crippen LogP) is 2.16. The topological polar surface area (TPSA) is 43.6 Å². The molecule has 0 amide bonds. The molecule has 15 heavy (non-hydrogen) atoms. The smallest absolute Gasteiger partial charge is 0.340 e. The fraction of sp³-hybridized carbons (Fsp3) is 0.200. The molecule has 0 N–H and O–H groups in total. The highest BCUT2D eigenvalue weighted by Crippen LogP contribution is 2.20. The second-order valence-electron chi connectivity index (χ2n) is 2.92. The van der Waals surface area contributed by atoms with Gasteiger partial charge in [0.05, 0.1) is 17.7 Å². The zero-order valence-corrected chi connectivity index (χ0v) is 8.86. The van der Waals surface area contributed by atoms with E-state index < -0.39 is 0 Å². The van der Waals surface area contributed by atoms with E-state index in [1.165, 1.54) is 0 Å². The van der Waals surface area contributed by atoms with Gasteiger partial charge >= 0.3 is 5.97 Å². The van der Waals surface area contributed by atoms with Gasteiger partial charge in [-0.05, 0) is 13.0 Å². The average Bonchev–Trinajstić information content (AvgIpc) is 2.63. The van der Waals surface area contributed by atoms with Gasteiger partial charge in [0.15, 0.2) is 5.15 Å². The summed E-state index contributed by atoms with van der Waals surface area (Å²) >= 11 is 5.91. The molecule has 78 valence electrons. The third kappa shape index (κ3) is 1.68. The molecule has 0 saturated carbocycles. The van der Waals surface area contributed by atoms with Gasteiger partial charge in [0.2, 0.25) is 0 Å². The van der Waals surface area contributed by atoms with E-state index in [1.807, 2.05) is 0 Å². The Kier molecular flexibility index (Phi) is 2.60. The minimum atomic E-state index is -0.380. The number of carbonyl (C=O) groups excluding carboxylic acids is 1. The first-order chi connectivity index (χ1) is 7.24. The molecule has 0 aliphatic heterocycles. The fourth-order valence-electron chi connectivity index (χ4n) is 1.39. The molecule has 0 atom stereocenters. The maximum Gasteiger partial charge on any atom is 0.340 e. The lowest BCUT2D eigenvalue weighted by Crippen LogP contribution is -2.04. The first-order valence-corrected chi connectivity index (χ1v) is 4.90. The van der Waals surface area contributed by atoms with Gasteiger partial charge in [-0.1, -0.05) is 11.6 Å². The van der Waals surface area contributed by atoms with E-state index in [0.717, 1.165) is 0 Å². The lowest BCUT2D eigenvalue weighted by atomic mass is 10.3. The maximum atomic E-state index is 11.6. The fourth-order valence-corrected chi connectivity index (χ4v) is 1.65. The molecule has 2 heterocycles. The highest BCUT2D eigenvalue weighted by molar-refractivity contribution is 6.33. The third-order valence-electron chi connectivity index (χ3n) is 2.02. The van der Waals surface area contributed by atoms with Crippen LogP contribution >= 0.6 is 11.6 Å². The molecule has 0 unspecified atom stereocenters. The van der Waals surface area contributed by atoms with Crippen molar-refractivity contribution in [3.8, 4) is 0 Å². The zero-order valence-electron chi connectivity index (χ0n) is 8.11. The Morgan fingerprint density at radius 3 is 3.13 bits per heavy atom. The van der Waals surface area contributed by atoms with Gasteiger partial charge in [0.25, 0.3) is 0 Å². The summed E-state index contributed by atoms with van der Waals surface area (Å²) < 4.78 is 6.65. The van der Waals surface area contributed by atoms with E-state index in [2.05, 4.69) is 4.98 Å². The van der Waals surface area contributed by atoms with Crippen LogP contribution in [0.3, 0.4) is 0 Å². The Labute approximate surface area is 91.4 Å². The largest absolute Gasteiger partial charge is 0.462 e. The molecule has 0 spiro atoms. The Balaban J connectivity index is 2.57. The molecule has 0 saturated heterocycles. The lowest BCUT2D eigenvalue weighted by Gasteiger charge is -2.01. The number of ether oxygens (including phenoxy) is 1. The van der Waals surface area contributed by atoms with Crippen molar-refractivity contribution < 1.29 is 9.53 Å². The number of hydrogen-bond donors (Lipinski definition) is 0. The van der Waals surface area contributed by atoms with Crippen molar-refractivity contribution in [2.24, 2.45) is 0 Å². The van der Waals surface area contributed by atoms with Gasteiger partial charge in [-0.3, -0.25) is 0 Å². The maximum absolute atomic E-state index is 11.6. The third-order valence-corrected chi connectivity index (χ3v) is 2.30. The number of fused-ring (bicyclic) bond motifs is 1. The summed E-state index contributed by atoms with van der Waals surface area (Å²) in [6.45, 7) is 2.10. The van der Waals surface area contributed by atoms with Crippen LogP contribution in [0.5, 0.6) is 0 Å². The number of halogens is 1. The van der Waals surface area contributed by atoms with Gasteiger partial charge < -0.3 is 9.14 Å². The number of aromatic nitrogens is 2. The molecule has 0 bridgehead atoms. The molecule has 0 radical (unpaired) electrons. The lowest BCUT2D eigenvalue weighted by molar-refractivity contribution is 0.0529. The Morgan fingerprint density at radius 1 is 1.60 bits per heavy atom. The summed E-state index contributed by atoms with van der Waals surface area (Å²) in [5, 5.41) is 0.297.